The number of likely N-dealkylation sites (tertiary alicyclic amines) is 1. The maximum atomic E-state index is 13.1. The Labute approximate surface area is 196 Å². The summed E-state index contributed by atoms with van der Waals surface area (Å²) in [5.41, 5.74) is 2.12. The molecule has 1 saturated heterocycles. The van der Waals surface area contributed by atoms with Gasteiger partial charge in [-0.1, -0.05) is 12.1 Å². The van der Waals surface area contributed by atoms with Crippen molar-refractivity contribution in [1.29, 1.82) is 0 Å². The minimum atomic E-state index is -0.228. The molecule has 0 spiro atoms. The zero-order chi connectivity index (χ0) is 22.8. The van der Waals surface area contributed by atoms with Gasteiger partial charge in [0.15, 0.2) is 0 Å². The number of nitrogens with one attached hydrogen (secondary N) is 1. The molecule has 0 radical (unpaired) electrons. The molecular formula is C25H28N4O3S. The molecule has 0 bridgehead atoms. The van der Waals surface area contributed by atoms with Crippen LogP contribution in [0, 0.1) is 0 Å². The molecule has 172 valence electrons. The van der Waals surface area contributed by atoms with Crippen molar-refractivity contribution in [3.05, 3.63) is 57.0 Å². The molecule has 0 atom stereocenters. The average molecular weight is 465 g/mol. The first-order valence-corrected chi connectivity index (χ1v) is 12.6. The largest absolute Gasteiger partial charge is 0.339 e. The number of piperidine rings is 1. The molecule has 3 aromatic rings. The first kappa shape index (κ1) is 21.8. The molecule has 0 unspecified atom stereocenters. The van der Waals surface area contributed by atoms with Crippen molar-refractivity contribution >= 4 is 39.1 Å². The van der Waals surface area contributed by atoms with E-state index in [0.717, 1.165) is 73.8 Å². The molecule has 33 heavy (non-hydrogen) atoms. The van der Waals surface area contributed by atoms with Crippen molar-refractivity contribution in [1.82, 2.24) is 14.5 Å². The predicted octanol–water partition coefficient (Wildman–Crippen LogP) is 3.99. The monoisotopic (exact) mass is 464 g/mol. The fraction of sp³-hybridized carbons (Fsp3) is 0.440. The highest BCUT2D eigenvalue weighted by Gasteiger charge is 2.22. The molecule has 1 aliphatic carbocycles. The molecular weight excluding hydrogens is 436 g/mol. The predicted molar refractivity (Wildman–Crippen MR) is 130 cm³/mol. The number of aryl methyl sites for hydroxylation is 3. The van der Waals surface area contributed by atoms with Crippen molar-refractivity contribution in [2.75, 3.05) is 18.4 Å². The van der Waals surface area contributed by atoms with Gasteiger partial charge in [0.05, 0.1) is 23.0 Å². The van der Waals surface area contributed by atoms with E-state index in [1.54, 1.807) is 29.8 Å². The summed E-state index contributed by atoms with van der Waals surface area (Å²) in [4.78, 5) is 47.2. The van der Waals surface area contributed by atoms with E-state index >= 15 is 0 Å². The topological polar surface area (TPSA) is 84.3 Å². The number of carbonyl (C=O) groups is 2. The molecule has 2 aromatic heterocycles. The Morgan fingerprint density at radius 1 is 1.03 bits per heavy atom. The van der Waals surface area contributed by atoms with Crippen LogP contribution in [0.2, 0.25) is 0 Å². The molecule has 2 amide bonds. The number of anilines is 1. The number of benzene rings is 1. The second-order valence-corrected chi connectivity index (χ2v) is 9.91. The smallest absolute Gasteiger partial charge is 0.262 e. The van der Waals surface area contributed by atoms with E-state index in [4.69, 9.17) is 0 Å². The molecule has 7 nitrogen and oxygen atoms in total. The van der Waals surface area contributed by atoms with Gasteiger partial charge in [-0.3, -0.25) is 19.0 Å². The van der Waals surface area contributed by atoms with Gasteiger partial charge in [-0.2, -0.15) is 0 Å². The SMILES string of the molecule is O=C(CCn1cnc2sc3c(c2c1=O)CCCC3)Nc1ccccc1C(=O)N1CCCCC1. The average Bonchev–Trinajstić information content (AvgIpc) is 3.23. The number of amides is 2. The van der Waals surface area contributed by atoms with Gasteiger partial charge >= 0.3 is 0 Å². The Hall–Kier alpha value is -3.00. The number of hydrogen-bond acceptors (Lipinski definition) is 5. The van der Waals surface area contributed by atoms with Crippen molar-refractivity contribution in [3.63, 3.8) is 0 Å². The lowest BCUT2D eigenvalue weighted by molar-refractivity contribution is -0.116. The van der Waals surface area contributed by atoms with E-state index in [-0.39, 0.29) is 30.3 Å². The lowest BCUT2D eigenvalue weighted by Gasteiger charge is -2.27. The number of para-hydroxylation sites is 1. The third-order valence-electron chi connectivity index (χ3n) is 6.60. The maximum absolute atomic E-state index is 13.1. The fourth-order valence-corrected chi connectivity index (χ4v) is 6.04. The first-order valence-electron chi connectivity index (χ1n) is 11.8. The van der Waals surface area contributed by atoms with Gasteiger partial charge in [0.1, 0.15) is 4.83 Å². The van der Waals surface area contributed by atoms with Crippen LogP contribution in [-0.4, -0.2) is 39.4 Å². The minimum absolute atomic E-state index is 0.0429. The van der Waals surface area contributed by atoms with Crippen LogP contribution in [0.25, 0.3) is 10.2 Å². The van der Waals surface area contributed by atoms with Crippen LogP contribution in [0.3, 0.4) is 0 Å². The van der Waals surface area contributed by atoms with Crippen LogP contribution < -0.4 is 10.9 Å². The summed E-state index contributed by atoms with van der Waals surface area (Å²) >= 11 is 1.63. The van der Waals surface area contributed by atoms with Gasteiger partial charge in [-0.25, -0.2) is 4.98 Å². The third kappa shape index (κ3) is 4.44. The summed E-state index contributed by atoms with van der Waals surface area (Å²) in [7, 11) is 0. The van der Waals surface area contributed by atoms with Crippen molar-refractivity contribution in [2.45, 2.75) is 57.9 Å². The van der Waals surface area contributed by atoms with Crippen LogP contribution in [0.5, 0.6) is 0 Å². The molecule has 8 heteroatoms. The van der Waals surface area contributed by atoms with E-state index in [0.29, 0.717) is 11.3 Å². The summed E-state index contributed by atoms with van der Waals surface area (Å²) in [6, 6.07) is 7.14. The van der Waals surface area contributed by atoms with Gasteiger partial charge < -0.3 is 10.2 Å². The number of aromatic nitrogens is 2. The molecule has 0 saturated carbocycles. The molecule has 2 aliphatic rings. The highest BCUT2D eigenvalue weighted by atomic mass is 32.1. The Morgan fingerprint density at radius 2 is 1.82 bits per heavy atom. The van der Waals surface area contributed by atoms with E-state index in [1.807, 2.05) is 17.0 Å². The summed E-state index contributed by atoms with van der Waals surface area (Å²) in [6.45, 7) is 1.76. The van der Waals surface area contributed by atoms with Crippen molar-refractivity contribution in [2.24, 2.45) is 0 Å². The quantitative estimate of drug-likeness (QED) is 0.619. The second kappa shape index (κ2) is 9.47. The van der Waals surface area contributed by atoms with Crippen LogP contribution >= 0.6 is 11.3 Å². The standard InChI is InChI=1S/C25H28N4O3S/c30-21(27-19-10-4-2-8-17(19)24(31)28-13-6-1-7-14-28)12-15-29-16-26-23-22(25(29)32)18-9-3-5-11-20(18)33-23/h2,4,8,10,16H,1,3,5-7,9,11-15H2,(H,27,30). The number of fused-ring (bicyclic) bond motifs is 3. The number of thiophene rings is 1. The lowest BCUT2D eigenvalue weighted by Crippen LogP contribution is -2.36. The van der Waals surface area contributed by atoms with Crippen LogP contribution in [0.1, 0.15) is 59.3 Å². The Morgan fingerprint density at radius 3 is 2.67 bits per heavy atom. The Kier molecular flexibility index (Phi) is 6.26. The fourth-order valence-electron chi connectivity index (χ4n) is 4.82. The second-order valence-electron chi connectivity index (χ2n) is 8.83. The van der Waals surface area contributed by atoms with Crippen LogP contribution in [0.4, 0.5) is 5.69 Å². The van der Waals surface area contributed by atoms with Gasteiger partial charge in [-0.05, 0) is 62.6 Å². The molecule has 1 fully saturated rings. The van der Waals surface area contributed by atoms with Gasteiger partial charge in [0, 0.05) is 30.9 Å². The van der Waals surface area contributed by atoms with E-state index < -0.39 is 0 Å². The first-order chi connectivity index (χ1) is 16.1. The molecule has 3 heterocycles. The highest BCUT2D eigenvalue weighted by molar-refractivity contribution is 7.18. The van der Waals surface area contributed by atoms with E-state index in [1.165, 1.54) is 9.44 Å². The number of carbonyl (C=O) groups excluding carboxylic acids is 2. The highest BCUT2D eigenvalue weighted by Crippen LogP contribution is 2.33. The summed E-state index contributed by atoms with van der Waals surface area (Å²) < 4.78 is 1.54. The zero-order valence-corrected chi connectivity index (χ0v) is 19.5. The minimum Gasteiger partial charge on any atom is -0.339 e. The Bertz CT molecular complexity index is 1260. The van der Waals surface area contributed by atoms with Crippen LogP contribution in [-0.2, 0) is 24.2 Å². The molecule has 1 aromatic carbocycles. The summed E-state index contributed by atoms with van der Waals surface area (Å²) in [5.74, 6) is -0.271. The zero-order valence-electron chi connectivity index (χ0n) is 18.6. The number of nitrogens with zero attached hydrogens (tertiary/aromatic N) is 3. The Balaban J connectivity index is 1.29. The van der Waals surface area contributed by atoms with Crippen molar-refractivity contribution < 1.29 is 9.59 Å². The summed E-state index contributed by atoms with van der Waals surface area (Å²) in [5, 5.41) is 3.61. The van der Waals surface area contributed by atoms with Gasteiger partial charge in [-0.15, -0.1) is 11.3 Å². The molecule has 1 N–H and O–H groups in total. The number of rotatable bonds is 5. The maximum Gasteiger partial charge on any atom is 0.262 e. The van der Waals surface area contributed by atoms with Gasteiger partial charge in [0.2, 0.25) is 5.91 Å². The summed E-state index contributed by atoms with van der Waals surface area (Å²) in [6.07, 6.45) is 9.07. The molecule has 1 aliphatic heterocycles. The van der Waals surface area contributed by atoms with Crippen LogP contribution in [0.15, 0.2) is 35.4 Å². The normalized spacial score (nSPS) is 15.9. The van der Waals surface area contributed by atoms with E-state index in [2.05, 4.69) is 10.3 Å². The number of hydrogen-bond donors (Lipinski definition) is 1. The van der Waals surface area contributed by atoms with Crippen molar-refractivity contribution in [3.8, 4) is 0 Å². The van der Waals surface area contributed by atoms with Gasteiger partial charge in [0.25, 0.3) is 11.5 Å². The lowest BCUT2D eigenvalue weighted by atomic mass is 9.97. The van der Waals surface area contributed by atoms with E-state index in [9.17, 15) is 14.4 Å². The molecule has 5 rings (SSSR count). The third-order valence-corrected chi connectivity index (χ3v) is 7.80.